The summed E-state index contributed by atoms with van der Waals surface area (Å²) in [5.41, 5.74) is 0.873. The molecule has 1 unspecified atom stereocenters. The summed E-state index contributed by atoms with van der Waals surface area (Å²) in [6, 6.07) is 14.3. The highest BCUT2D eigenvalue weighted by atomic mass is 35.5. The van der Waals surface area contributed by atoms with Crippen LogP contribution in [0.15, 0.2) is 48.5 Å². The Balaban J connectivity index is 2.26. The number of halogens is 1. The third kappa shape index (κ3) is 2.77. The Morgan fingerprint density at radius 2 is 1.78 bits per heavy atom. The molecule has 0 spiro atoms. The van der Waals surface area contributed by atoms with Crippen LogP contribution in [-0.2, 0) is 0 Å². The van der Waals surface area contributed by atoms with E-state index in [-0.39, 0.29) is 11.9 Å². The maximum atomic E-state index is 9.69. The molecule has 1 radical (unpaired) electrons. The fourth-order valence-corrected chi connectivity index (χ4v) is 1.98. The van der Waals surface area contributed by atoms with Crippen LogP contribution in [-0.4, -0.2) is 5.11 Å². The van der Waals surface area contributed by atoms with Crippen LogP contribution < -0.4 is 4.74 Å². The molecule has 0 saturated heterocycles. The van der Waals surface area contributed by atoms with Gasteiger partial charge in [-0.1, -0.05) is 41.9 Å². The Bertz CT molecular complexity index is 525. The van der Waals surface area contributed by atoms with Crippen molar-refractivity contribution in [3.8, 4) is 11.5 Å². The molecule has 0 aliphatic heterocycles. The van der Waals surface area contributed by atoms with Crippen molar-refractivity contribution in [2.24, 2.45) is 0 Å². The normalized spacial score (nSPS) is 12.1. The van der Waals surface area contributed by atoms with Gasteiger partial charge in [-0.3, -0.25) is 0 Å². The van der Waals surface area contributed by atoms with Gasteiger partial charge in [0.25, 0.3) is 0 Å². The lowest BCUT2D eigenvalue weighted by Gasteiger charge is -2.19. The van der Waals surface area contributed by atoms with Crippen LogP contribution >= 0.6 is 11.6 Å². The molecule has 0 fully saturated rings. The second kappa shape index (κ2) is 5.78. The van der Waals surface area contributed by atoms with Gasteiger partial charge in [-0.15, -0.1) is 0 Å². The van der Waals surface area contributed by atoms with E-state index >= 15 is 0 Å². The topological polar surface area (TPSA) is 29.5 Å². The lowest BCUT2D eigenvalue weighted by atomic mass is 10.1. The molecule has 2 aromatic carbocycles. The molecule has 0 heterocycles. The smallest absolute Gasteiger partial charge is 0.161 e. The second-order valence-corrected chi connectivity index (χ2v) is 4.29. The summed E-state index contributed by atoms with van der Waals surface area (Å²) in [5.74, 6) is 0.550. The molecule has 2 nitrogen and oxygen atoms in total. The van der Waals surface area contributed by atoms with E-state index in [1.165, 1.54) is 0 Å². The van der Waals surface area contributed by atoms with Crippen molar-refractivity contribution in [3.63, 3.8) is 0 Å². The highest BCUT2D eigenvalue weighted by Gasteiger charge is 2.15. The largest absolute Gasteiger partial charge is 0.504 e. The molecule has 1 atom stereocenters. The number of phenols is 1. The maximum absolute atomic E-state index is 9.69. The number of rotatable bonds is 4. The summed E-state index contributed by atoms with van der Waals surface area (Å²) in [7, 11) is 0. The first-order valence-corrected chi connectivity index (χ1v) is 6.08. The molecular weight excluding hydrogens is 248 g/mol. The maximum Gasteiger partial charge on any atom is 0.161 e. The van der Waals surface area contributed by atoms with Crippen molar-refractivity contribution in [2.45, 2.75) is 12.5 Å². The third-order valence-corrected chi connectivity index (χ3v) is 2.99. The fourth-order valence-electron chi connectivity index (χ4n) is 1.72. The molecule has 1 N–H and O–H groups in total. The van der Waals surface area contributed by atoms with Crippen molar-refractivity contribution in [2.75, 3.05) is 0 Å². The number of para-hydroxylation sites is 2. The average molecular weight is 262 g/mol. The second-order valence-electron chi connectivity index (χ2n) is 3.88. The Labute approximate surface area is 112 Å². The van der Waals surface area contributed by atoms with E-state index in [0.717, 1.165) is 5.56 Å². The zero-order chi connectivity index (χ0) is 13.0. The number of phenolic OH excluding ortho intramolecular Hbond substituents is 1. The number of ether oxygens (including phenoxy) is 1. The van der Waals surface area contributed by atoms with E-state index in [4.69, 9.17) is 16.3 Å². The average Bonchev–Trinajstić information content (AvgIpc) is 2.39. The molecule has 0 saturated carbocycles. The number of benzene rings is 2. The minimum Gasteiger partial charge on any atom is -0.504 e. The molecule has 0 bridgehead atoms. The zero-order valence-corrected chi connectivity index (χ0v) is 10.6. The summed E-state index contributed by atoms with van der Waals surface area (Å²) >= 11 is 6.13. The van der Waals surface area contributed by atoms with Crippen molar-refractivity contribution in [1.82, 2.24) is 0 Å². The van der Waals surface area contributed by atoms with Gasteiger partial charge in [0.1, 0.15) is 6.10 Å². The van der Waals surface area contributed by atoms with E-state index in [2.05, 4.69) is 6.92 Å². The summed E-state index contributed by atoms with van der Waals surface area (Å²) in [4.78, 5) is 0. The van der Waals surface area contributed by atoms with E-state index in [0.29, 0.717) is 17.2 Å². The van der Waals surface area contributed by atoms with E-state index in [9.17, 15) is 5.11 Å². The zero-order valence-electron chi connectivity index (χ0n) is 9.84. The molecule has 93 valence electrons. The Kier molecular flexibility index (Phi) is 4.11. The Morgan fingerprint density at radius 1 is 1.11 bits per heavy atom. The van der Waals surface area contributed by atoms with Crippen molar-refractivity contribution in [1.29, 1.82) is 0 Å². The van der Waals surface area contributed by atoms with Crippen molar-refractivity contribution in [3.05, 3.63) is 66.0 Å². The third-order valence-electron chi connectivity index (χ3n) is 2.65. The Morgan fingerprint density at radius 3 is 2.44 bits per heavy atom. The first-order chi connectivity index (χ1) is 8.72. The van der Waals surface area contributed by atoms with Gasteiger partial charge in [-0.25, -0.2) is 0 Å². The van der Waals surface area contributed by atoms with E-state index < -0.39 is 0 Å². The van der Waals surface area contributed by atoms with Crippen molar-refractivity contribution >= 4 is 11.6 Å². The van der Waals surface area contributed by atoms with Crippen LogP contribution in [0.2, 0.25) is 5.02 Å². The number of aromatic hydroxyl groups is 1. The summed E-state index contributed by atoms with van der Waals surface area (Å²) < 4.78 is 5.76. The minimum atomic E-state index is -0.271. The quantitative estimate of drug-likeness (QED) is 0.884. The lowest BCUT2D eigenvalue weighted by Crippen LogP contribution is -2.07. The van der Waals surface area contributed by atoms with Gasteiger partial charge in [-0.05, 0) is 31.5 Å². The predicted molar refractivity (Wildman–Crippen MR) is 72.9 cm³/mol. The van der Waals surface area contributed by atoms with Gasteiger partial charge in [0, 0.05) is 10.6 Å². The molecule has 0 aliphatic rings. The lowest BCUT2D eigenvalue weighted by molar-refractivity contribution is 0.200. The summed E-state index contributed by atoms with van der Waals surface area (Å²) in [6.45, 7) is 3.86. The highest BCUT2D eigenvalue weighted by molar-refractivity contribution is 6.31. The predicted octanol–water partition coefficient (Wildman–Crippen LogP) is 4.39. The van der Waals surface area contributed by atoms with Gasteiger partial charge in [0.05, 0.1) is 0 Å². The van der Waals surface area contributed by atoms with Crippen molar-refractivity contribution < 1.29 is 9.84 Å². The van der Waals surface area contributed by atoms with E-state index in [1.54, 1.807) is 18.2 Å². The summed E-state index contributed by atoms with van der Waals surface area (Å²) in [5, 5.41) is 10.3. The van der Waals surface area contributed by atoms with Crippen LogP contribution in [0.5, 0.6) is 11.5 Å². The minimum absolute atomic E-state index is 0.114. The molecule has 0 aromatic heterocycles. The van der Waals surface area contributed by atoms with Gasteiger partial charge in [-0.2, -0.15) is 0 Å². The molecule has 0 aliphatic carbocycles. The first kappa shape index (κ1) is 12.8. The molecule has 3 heteroatoms. The van der Waals surface area contributed by atoms with Gasteiger partial charge in [0.2, 0.25) is 0 Å². The van der Waals surface area contributed by atoms with Crippen LogP contribution in [0.4, 0.5) is 0 Å². The van der Waals surface area contributed by atoms with Crippen LogP contribution in [0.1, 0.15) is 18.1 Å². The monoisotopic (exact) mass is 261 g/mol. The van der Waals surface area contributed by atoms with Gasteiger partial charge in [0.15, 0.2) is 11.5 Å². The SMILES string of the molecule is [CH2]CC(Oc1ccccc1O)c1ccccc1Cl. The highest BCUT2D eigenvalue weighted by Crippen LogP contribution is 2.33. The van der Waals surface area contributed by atoms with Crippen LogP contribution in [0.25, 0.3) is 0 Å². The van der Waals surface area contributed by atoms with Crippen LogP contribution in [0.3, 0.4) is 0 Å². The Hall–Kier alpha value is -1.67. The summed E-state index contributed by atoms with van der Waals surface area (Å²) in [6.07, 6.45) is 0.255. The van der Waals surface area contributed by atoms with Gasteiger partial charge < -0.3 is 9.84 Å². The fraction of sp³-hybridized carbons (Fsp3) is 0.133. The number of hydrogen-bond donors (Lipinski definition) is 1. The standard InChI is InChI=1S/C15H14ClO2/c1-2-14(11-7-3-4-8-12(11)16)18-15-10-6-5-9-13(15)17/h3-10,14,17H,1-2H2. The molecule has 0 amide bonds. The van der Waals surface area contributed by atoms with Crippen LogP contribution in [0, 0.1) is 6.92 Å². The molecule has 18 heavy (non-hydrogen) atoms. The van der Waals surface area contributed by atoms with Gasteiger partial charge >= 0.3 is 0 Å². The first-order valence-electron chi connectivity index (χ1n) is 5.70. The van der Waals surface area contributed by atoms with E-state index in [1.807, 2.05) is 30.3 Å². The number of hydrogen-bond acceptors (Lipinski definition) is 2. The molecular formula is C15H14ClO2. The molecule has 2 rings (SSSR count). The molecule has 2 aromatic rings.